The highest BCUT2D eigenvalue weighted by atomic mass is 31.1. The maximum absolute atomic E-state index is 12.0. The number of alkyl carbamates (subject to hydrolysis) is 1. The zero-order valence-electron chi connectivity index (χ0n) is 16.3. The van der Waals surface area contributed by atoms with Crippen molar-refractivity contribution in [3.8, 4) is 0 Å². The van der Waals surface area contributed by atoms with Gasteiger partial charge in [0.1, 0.15) is 24.2 Å². The molecule has 1 amide bonds. The van der Waals surface area contributed by atoms with E-state index < -0.39 is 42.8 Å². The van der Waals surface area contributed by atoms with Gasteiger partial charge in [-0.3, -0.25) is 10.1 Å². The lowest BCUT2D eigenvalue weighted by Crippen LogP contribution is -2.42. The highest BCUT2D eigenvalue weighted by molar-refractivity contribution is 7.39. The van der Waals surface area contributed by atoms with Gasteiger partial charge >= 0.3 is 31.8 Å². The van der Waals surface area contributed by atoms with Crippen molar-refractivity contribution in [2.75, 3.05) is 13.7 Å². The number of nitrogens with one attached hydrogen (secondary N) is 1. The van der Waals surface area contributed by atoms with Gasteiger partial charge in [0, 0.05) is 6.42 Å². The number of carbonyl (C=O) groups excluding carboxylic acids is 2. The highest BCUT2D eigenvalue weighted by Gasteiger charge is 2.37. The fourth-order valence-electron chi connectivity index (χ4n) is 2.31. The minimum atomic E-state index is -2.74. The number of hydrogen-bond acceptors (Lipinski definition) is 10. The summed E-state index contributed by atoms with van der Waals surface area (Å²) in [7, 11) is -1.62. The number of nitro groups is 1. The number of aliphatic hydroxyl groups excluding tert-OH is 1. The number of rotatable bonds is 11. The number of benzene rings is 1. The van der Waals surface area contributed by atoms with Crippen LogP contribution >= 0.6 is 8.03 Å². The standard InChI is InChI=1S/C18H19N2O10P/c1-27-16(21)13(19-18(23)28-11-12-5-3-2-4-6-12)9-10-29-31(26)17(22)14-7-8-15(30-14)20(24)25/h2-8,13,17,22H,9-11H2,1H3/p+1/t13-,17?/m0/s1. The lowest BCUT2D eigenvalue weighted by molar-refractivity contribution is -0.402. The molecule has 2 unspecified atom stereocenters. The first-order valence-corrected chi connectivity index (χ1v) is 10.1. The number of furan rings is 1. The van der Waals surface area contributed by atoms with E-state index in [0.29, 0.717) is 0 Å². The molecule has 13 heteroatoms. The molecule has 1 aromatic heterocycles. The van der Waals surface area contributed by atoms with Crippen molar-refractivity contribution in [2.45, 2.75) is 24.9 Å². The molecule has 2 rings (SSSR count). The van der Waals surface area contributed by atoms with Crippen LogP contribution < -0.4 is 5.32 Å². The smallest absolute Gasteiger partial charge is 0.467 e. The van der Waals surface area contributed by atoms with Crippen molar-refractivity contribution in [3.05, 3.63) is 63.9 Å². The van der Waals surface area contributed by atoms with E-state index in [2.05, 4.69) is 10.1 Å². The Morgan fingerprint density at radius 2 is 1.97 bits per heavy atom. The molecule has 1 aromatic carbocycles. The van der Waals surface area contributed by atoms with Gasteiger partial charge in [-0.25, -0.2) is 9.59 Å². The molecule has 0 aliphatic heterocycles. The van der Waals surface area contributed by atoms with E-state index in [0.717, 1.165) is 24.8 Å². The average molecular weight is 455 g/mol. The Morgan fingerprint density at radius 1 is 1.26 bits per heavy atom. The Bertz CT molecular complexity index is 917. The predicted molar refractivity (Wildman–Crippen MR) is 104 cm³/mol. The molecule has 0 fully saturated rings. The number of methoxy groups -OCH3 is 1. The van der Waals surface area contributed by atoms with Gasteiger partial charge in [0.15, 0.2) is 5.76 Å². The summed E-state index contributed by atoms with van der Waals surface area (Å²) in [5, 5.41) is 22.8. The molecule has 2 aromatic rings. The van der Waals surface area contributed by atoms with E-state index in [1.807, 2.05) is 6.07 Å². The summed E-state index contributed by atoms with van der Waals surface area (Å²) in [6, 6.07) is 9.83. The quantitative estimate of drug-likeness (QED) is 0.222. The first-order valence-electron chi connectivity index (χ1n) is 8.88. The van der Waals surface area contributed by atoms with Crippen molar-refractivity contribution in [1.82, 2.24) is 5.32 Å². The third-order valence-electron chi connectivity index (χ3n) is 3.86. The van der Waals surface area contributed by atoms with Crippen LogP contribution in [0.1, 0.15) is 23.6 Å². The molecular formula is C18H20N2O10P+. The van der Waals surface area contributed by atoms with Gasteiger partial charge in [0.2, 0.25) is 0 Å². The van der Waals surface area contributed by atoms with Gasteiger partial charge in [0.25, 0.3) is 0 Å². The molecule has 0 saturated carbocycles. The van der Waals surface area contributed by atoms with Crippen LogP contribution in [-0.4, -0.2) is 41.9 Å². The lowest BCUT2D eigenvalue weighted by atomic mass is 10.2. The number of esters is 1. The van der Waals surface area contributed by atoms with E-state index >= 15 is 0 Å². The normalized spacial score (nSPS) is 13.0. The largest absolute Gasteiger partial charge is 0.548 e. The second-order valence-corrected chi connectivity index (χ2v) is 7.31. The summed E-state index contributed by atoms with van der Waals surface area (Å²) in [5.41, 5.74) is 0.750. The Hall–Kier alpha value is -3.34. The predicted octanol–water partition coefficient (Wildman–Crippen LogP) is 2.80. The van der Waals surface area contributed by atoms with Crippen molar-refractivity contribution in [1.29, 1.82) is 0 Å². The molecule has 31 heavy (non-hydrogen) atoms. The summed E-state index contributed by atoms with van der Waals surface area (Å²) in [6.07, 6.45) is -1.01. The first kappa shape index (κ1) is 23.9. The summed E-state index contributed by atoms with van der Waals surface area (Å²) in [4.78, 5) is 33.6. The Labute approximate surface area is 177 Å². The van der Waals surface area contributed by atoms with Crippen LogP contribution in [0.5, 0.6) is 0 Å². The molecule has 0 radical (unpaired) electrons. The van der Waals surface area contributed by atoms with E-state index in [4.69, 9.17) is 13.7 Å². The monoisotopic (exact) mass is 455 g/mol. The molecule has 3 atom stereocenters. The van der Waals surface area contributed by atoms with E-state index in [9.17, 15) is 29.4 Å². The van der Waals surface area contributed by atoms with E-state index in [-0.39, 0.29) is 25.4 Å². The summed E-state index contributed by atoms with van der Waals surface area (Å²) in [5.74, 6) is -3.46. The van der Waals surface area contributed by atoms with Crippen LogP contribution in [0.15, 0.2) is 46.9 Å². The average Bonchev–Trinajstić information content (AvgIpc) is 3.27. The van der Waals surface area contributed by atoms with Crippen LogP contribution in [0.2, 0.25) is 0 Å². The number of ether oxygens (including phenoxy) is 2. The molecule has 0 aliphatic carbocycles. The molecular weight excluding hydrogens is 435 g/mol. The fourth-order valence-corrected chi connectivity index (χ4v) is 3.09. The van der Waals surface area contributed by atoms with Crippen molar-refractivity contribution < 1.29 is 42.6 Å². The number of aliphatic hydroxyl groups is 1. The number of nitrogens with zero attached hydrogens (tertiary/aromatic N) is 1. The fraction of sp³-hybridized carbons (Fsp3) is 0.333. The molecule has 12 nitrogen and oxygen atoms in total. The van der Waals surface area contributed by atoms with E-state index in [1.165, 1.54) is 0 Å². The molecule has 0 bridgehead atoms. The SMILES string of the molecule is COC(=O)[C@H](CCO[P+](=O)C(O)c1ccc([N+](=O)[O-])o1)NC(=O)OCc1ccccc1. The first-order chi connectivity index (χ1) is 14.8. The topological polar surface area (TPSA) is 167 Å². The van der Waals surface area contributed by atoms with Crippen LogP contribution in [0.4, 0.5) is 10.7 Å². The van der Waals surface area contributed by atoms with Crippen LogP contribution in [0.3, 0.4) is 0 Å². The number of carbonyl (C=O) groups is 2. The third kappa shape index (κ3) is 7.45. The van der Waals surface area contributed by atoms with Gasteiger partial charge in [0.05, 0.1) is 13.2 Å². The molecule has 1 heterocycles. The second-order valence-electron chi connectivity index (χ2n) is 6.00. The zero-order chi connectivity index (χ0) is 22.8. The van der Waals surface area contributed by atoms with Gasteiger partial charge in [-0.2, -0.15) is 0 Å². The lowest BCUT2D eigenvalue weighted by Gasteiger charge is -2.15. The Morgan fingerprint density at radius 3 is 2.58 bits per heavy atom. The molecule has 0 spiro atoms. The molecule has 0 aliphatic rings. The molecule has 0 saturated heterocycles. The van der Waals surface area contributed by atoms with Gasteiger partial charge in [-0.15, -0.1) is 4.52 Å². The maximum atomic E-state index is 12.0. The number of hydrogen-bond donors (Lipinski definition) is 2. The third-order valence-corrected chi connectivity index (χ3v) is 4.95. The zero-order valence-corrected chi connectivity index (χ0v) is 17.2. The van der Waals surface area contributed by atoms with Gasteiger partial charge in [-0.1, -0.05) is 30.3 Å². The Kier molecular flexibility index (Phi) is 9.07. The van der Waals surface area contributed by atoms with Crippen molar-refractivity contribution in [2.24, 2.45) is 0 Å². The second kappa shape index (κ2) is 11.7. The molecule has 166 valence electrons. The Balaban J connectivity index is 1.83. The van der Waals surface area contributed by atoms with Crippen LogP contribution in [0.25, 0.3) is 0 Å². The summed E-state index contributed by atoms with van der Waals surface area (Å²) < 4.78 is 31.4. The van der Waals surface area contributed by atoms with E-state index in [1.54, 1.807) is 24.3 Å². The van der Waals surface area contributed by atoms with Gasteiger partial charge < -0.3 is 24.3 Å². The van der Waals surface area contributed by atoms with Gasteiger partial charge in [-0.05, 0) is 16.2 Å². The summed E-state index contributed by atoms with van der Waals surface area (Å²) in [6.45, 7) is -0.321. The highest BCUT2D eigenvalue weighted by Crippen LogP contribution is 2.41. The number of amides is 1. The van der Waals surface area contributed by atoms with Crippen LogP contribution in [0, 0.1) is 10.1 Å². The summed E-state index contributed by atoms with van der Waals surface area (Å²) >= 11 is 0. The minimum Gasteiger partial charge on any atom is -0.467 e. The van der Waals surface area contributed by atoms with Crippen molar-refractivity contribution in [3.63, 3.8) is 0 Å². The van der Waals surface area contributed by atoms with Crippen molar-refractivity contribution >= 4 is 26.0 Å². The maximum Gasteiger partial charge on any atom is 0.548 e. The van der Waals surface area contributed by atoms with Crippen LogP contribution in [-0.2, 0) is 30.0 Å². The minimum absolute atomic E-state index is 0.00952. The molecule has 2 N–H and O–H groups in total.